The maximum atomic E-state index is 5.64. The average molecular weight is 290 g/mol. The number of fused-ring (bicyclic) bond motifs is 1. The Hall–Kier alpha value is -1.36. The molecule has 5 heteroatoms. The predicted octanol–water partition coefficient (Wildman–Crippen LogP) is 2.61. The zero-order chi connectivity index (χ0) is 14.7. The molecule has 0 aromatic carbocycles. The lowest BCUT2D eigenvalue weighted by Crippen LogP contribution is -2.43. The molecule has 1 aromatic heterocycles. The van der Waals surface area contributed by atoms with Gasteiger partial charge in [-0.25, -0.2) is 4.98 Å². The molecule has 0 spiro atoms. The van der Waals surface area contributed by atoms with Gasteiger partial charge in [-0.2, -0.15) is 4.98 Å². The predicted molar refractivity (Wildman–Crippen MR) is 83.8 cm³/mol. The molecule has 0 saturated carbocycles. The van der Waals surface area contributed by atoms with Crippen molar-refractivity contribution in [3.05, 3.63) is 11.8 Å². The van der Waals surface area contributed by atoms with E-state index < -0.39 is 0 Å². The van der Waals surface area contributed by atoms with E-state index in [2.05, 4.69) is 27.1 Å². The third kappa shape index (κ3) is 3.64. The van der Waals surface area contributed by atoms with Gasteiger partial charge in [-0.05, 0) is 45.6 Å². The Bertz CT molecular complexity index is 479. The highest BCUT2D eigenvalue weighted by Gasteiger charge is 2.31. The Balaban J connectivity index is 1.62. The fourth-order valence-electron chi connectivity index (χ4n) is 3.42. The number of piperidine rings is 1. The first-order valence-electron chi connectivity index (χ1n) is 8.23. The zero-order valence-electron chi connectivity index (χ0n) is 13.1. The van der Waals surface area contributed by atoms with Gasteiger partial charge in [0.2, 0.25) is 11.8 Å². The lowest BCUT2D eigenvalue weighted by molar-refractivity contribution is 0.187. The van der Waals surface area contributed by atoms with E-state index in [0.29, 0.717) is 18.5 Å². The number of ether oxygens (including phenoxy) is 1. The summed E-state index contributed by atoms with van der Waals surface area (Å²) in [5.41, 5.74) is 0.955. The molecule has 0 amide bonds. The van der Waals surface area contributed by atoms with Crippen LogP contribution in [0.15, 0.2) is 6.07 Å². The Morgan fingerprint density at radius 2 is 2.24 bits per heavy atom. The summed E-state index contributed by atoms with van der Waals surface area (Å²) in [6.07, 6.45) is 6.08. The minimum atomic E-state index is 0.491. The van der Waals surface area contributed by atoms with Crippen LogP contribution >= 0.6 is 0 Å². The van der Waals surface area contributed by atoms with E-state index in [9.17, 15) is 0 Å². The normalized spacial score (nSPS) is 25.6. The lowest BCUT2D eigenvalue weighted by atomic mass is 9.98. The SMILES string of the molecule is CCCOc1cc(C)nc(NC2CCN3CCCC3C2)n1. The zero-order valence-corrected chi connectivity index (χ0v) is 13.1. The summed E-state index contributed by atoms with van der Waals surface area (Å²) in [4.78, 5) is 11.6. The molecule has 5 nitrogen and oxygen atoms in total. The van der Waals surface area contributed by atoms with E-state index in [1.807, 2.05) is 13.0 Å². The quantitative estimate of drug-likeness (QED) is 0.903. The van der Waals surface area contributed by atoms with Crippen LogP contribution in [0.1, 0.15) is 44.7 Å². The van der Waals surface area contributed by atoms with Crippen molar-refractivity contribution in [1.29, 1.82) is 0 Å². The van der Waals surface area contributed by atoms with Crippen molar-refractivity contribution in [2.24, 2.45) is 0 Å². The van der Waals surface area contributed by atoms with Crippen LogP contribution in [0.2, 0.25) is 0 Å². The highest BCUT2D eigenvalue weighted by Crippen LogP contribution is 2.28. The van der Waals surface area contributed by atoms with Crippen molar-refractivity contribution < 1.29 is 4.74 Å². The Kier molecular flexibility index (Phi) is 4.58. The number of rotatable bonds is 5. The van der Waals surface area contributed by atoms with Gasteiger partial charge in [0.1, 0.15) is 0 Å². The van der Waals surface area contributed by atoms with E-state index in [1.165, 1.54) is 38.8 Å². The van der Waals surface area contributed by atoms with Gasteiger partial charge in [-0.1, -0.05) is 6.92 Å². The van der Waals surface area contributed by atoms with Gasteiger partial charge in [0.05, 0.1) is 6.61 Å². The number of hydrogen-bond donors (Lipinski definition) is 1. The topological polar surface area (TPSA) is 50.3 Å². The highest BCUT2D eigenvalue weighted by molar-refractivity contribution is 5.32. The van der Waals surface area contributed by atoms with Crippen LogP contribution in [0.5, 0.6) is 5.88 Å². The molecule has 0 radical (unpaired) electrons. The molecule has 0 bridgehead atoms. The van der Waals surface area contributed by atoms with E-state index in [1.54, 1.807) is 0 Å². The van der Waals surface area contributed by atoms with E-state index >= 15 is 0 Å². The molecule has 2 aliphatic heterocycles. The van der Waals surface area contributed by atoms with Gasteiger partial charge < -0.3 is 15.0 Å². The van der Waals surface area contributed by atoms with E-state index in [-0.39, 0.29) is 0 Å². The first-order chi connectivity index (χ1) is 10.2. The van der Waals surface area contributed by atoms with Crippen molar-refractivity contribution in [2.45, 2.75) is 58.0 Å². The minimum absolute atomic E-state index is 0.491. The summed E-state index contributed by atoms with van der Waals surface area (Å²) in [6.45, 7) is 7.28. The third-order valence-electron chi connectivity index (χ3n) is 4.44. The van der Waals surface area contributed by atoms with Gasteiger partial charge in [-0.15, -0.1) is 0 Å². The molecule has 1 N–H and O–H groups in total. The monoisotopic (exact) mass is 290 g/mol. The molecule has 2 saturated heterocycles. The van der Waals surface area contributed by atoms with Crippen molar-refractivity contribution in [3.63, 3.8) is 0 Å². The Morgan fingerprint density at radius 1 is 1.33 bits per heavy atom. The van der Waals surface area contributed by atoms with Gasteiger partial charge in [-0.3, -0.25) is 0 Å². The second-order valence-corrected chi connectivity index (χ2v) is 6.22. The fourth-order valence-corrected chi connectivity index (χ4v) is 3.42. The van der Waals surface area contributed by atoms with Crippen LogP contribution in [0.3, 0.4) is 0 Å². The van der Waals surface area contributed by atoms with E-state index in [0.717, 1.165) is 24.1 Å². The summed E-state index contributed by atoms with van der Waals surface area (Å²) in [7, 11) is 0. The number of nitrogens with zero attached hydrogens (tertiary/aromatic N) is 3. The highest BCUT2D eigenvalue weighted by atomic mass is 16.5. The second-order valence-electron chi connectivity index (χ2n) is 6.22. The van der Waals surface area contributed by atoms with Gasteiger partial charge in [0, 0.05) is 30.4 Å². The molecule has 0 aliphatic carbocycles. The minimum Gasteiger partial charge on any atom is -0.478 e. The smallest absolute Gasteiger partial charge is 0.226 e. The summed E-state index contributed by atoms with van der Waals surface area (Å²) >= 11 is 0. The standard InChI is InChI=1S/C16H26N4O/c1-3-9-21-15-10-12(2)17-16(19-15)18-13-6-8-20-7-4-5-14(20)11-13/h10,13-14H,3-9,11H2,1-2H3,(H,17,18,19). The maximum Gasteiger partial charge on any atom is 0.226 e. The number of aryl methyl sites for hydroxylation is 1. The molecular formula is C16H26N4O. The molecule has 2 atom stereocenters. The maximum absolute atomic E-state index is 5.64. The first-order valence-corrected chi connectivity index (χ1v) is 8.23. The molecule has 3 rings (SSSR count). The molecule has 2 fully saturated rings. The average Bonchev–Trinajstić information content (AvgIpc) is 2.92. The molecular weight excluding hydrogens is 264 g/mol. The first kappa shape index (κ1) is 14.6. The van der Waals surface area contributed by atoms with Crippen molar-refractivity contribution in [2.75, 3.05) is 25.0 Å². The van der Waals surface area contributed by atoms with Crippen LogP contribution in [0, 0.1) is 6.92 Å². The van der Waals surface area contributed by atoms with Crippen molar-refractivity contribution in [3.8, 4) is 5.88 Å². The number of hydrogen-bond acceptors (Lipinski definition) is 5. The van der Waals surface area contributed by atoms with Crippen molar-refractivity contribution >= 4 is 5.95 Å². The van der Waals surface area contributed by atoms with Gasteiger partial charge in [0.15, 0.2) is 0 Å². The number of aromatic nitrogens is 2. The van der Waals surface area contributed by atoms with Gasteiger partial charge >= 0.3 is 0 Å². The number of anilines is 1. The van der Waals surface area contributed by atoms with Crippen molar-refractivity contribution in [1.82, 2.24) is 14.9 Å². The van der Waals surface area contributed by atoms with Crippen LogP contribution in [-0.4, -0.2) is 46.6 Å². The molecule has 3 heterocycles. The molecule has 116 valence electrons. The number of nitrogens with one attached hydrogen (secondary N) is 1. The lowest BCUT2D eigenvalue weighted by Gasteiger charge is -2.35. The Labute approximate surface area is 127 Å². The largest absolute Gasteiger partial charge is 0.478 e. The molecule has 1 aromatic rings. The molecule has 21 heavy (non-hydrogen) atoms. The summed E-state index contributed by atoms with van der Waals surface area (Å²) in [6, 6.07) is 3.16. The van der Waals surface area contributed by atoms with Crippen LogP contribution in [0.4, 0.5) is 5.95 Å². The summed E-state index contributed by atoms with van der Waals surface area (Å²) in [5.74, 6) is 1.41. The fraction of sp³-hybridized carbons (Fsp3) is 0.750. The Morgan fingerprint density at radius 3 is 3.10 bits per heavy atom. The van der Waals surface area contributed by atoms with Gasteiger partial charge in [0.25, 0.3) is 0 Å². The van der Waals surface area contributed by atoms with Crippen LogP contribution < -0.4 is 10.1 Å². The summed E-state index contributed by atoms with van der Waals surface area (Å²) < 4.78 is 5.64. The second kappa shape index (κ2) is 6.60. The summed E-state index contributed by atoms with van der Waals surface area (Å²) in [5, 5.41) is 3.52. The third-order valence-corrected chi connectivity index (χ3v) is 4.44. The molecule has 2 aliphatic rings. The van der Waals surface area contributed by atoms with Crippen LogP contribution in [-0.2, 0) is 0 Å². The molecule has 2 unspecified atom stereocenters. The van der Waals surface area contributed by atoms with Crippen LogP contribution in [0.25, 0.3) is 0 Å². The van der Waals surface area contributed by atoms with E-state index in [4.69, 9.17) is 4.74 Å².